The number of Topliss-reactive ketones (excluding diaryl/α,β-unsaturated/α-hetero) is 1. The first-order valence-corrected chi connectivity index (χ1v) is 10.2. The van der Waals surface area contributed by atoms with Crippen LogP contribution >= 0.6 is 0 Å². The summed E-state index contributed by atoms with van der Waals surface area (Å²) < 4.78 is 16.8. The number of ketones is 1. The standard InChI is InChI=1S/C22H31FO4/c1-13-10-16-15-8-7-14-6-4-5-9-19(14,2)21(15,23)17(25)11-20(16,3)22(13,27)18(26)12-24/h5-6,9,13,15-17,24-25,27H,4,7-8,10-12H2,1-3H3. The van der Waals surface area contributed by atoms with E-state index in [2.05, 4.69) is 6.08 Å². The van der Waals surface area contributed by atoms with Gasteiger partial charge in [0, 0.05) is 16.7 Å². The Hall–Kier alpha value is -1.04. The number of rotatable bonds is 2. The fraction of sp³-hybridized carbons (Fsp3) is 0.773. The van der Waals surface area contributed by atoms with Crippen molar-refractivity contribution in [2.75, 3.05) is 6.61 Å². The molecule has 8 unspecified atom stereocenters. The van der Waals surface area contributed by atoms with Crippen molar-refractivity contribution in [3.63, 3.8) is 0 Å². The molecule has 4 aliphatic rings. The molecule has 3 saturated carbocycles. The summed E-state index contributed by atoms with van der Waals surface area (Å²) in [6.07, 6.45) is 7.43. The van der Waals surface area contributed by atoms with Crippen LogP contribution in [0, 0.1) is 28.6 Å². The first kappa shape index (κ1) is 19.3. The zero-order valence-corrected chi connectivity index (χ0v) is 16.4. The summed E-state index contributed by atoms with van der Waals surface area (Å²) in [5.74, 6) is -1.64. The lowest BCUT2D eigenvalue weighted by atomic mass is 9.44. The van der Waals surface area contributed by atoms with Gasteiger partial charge in [0.2, 0.25) is 0 Å². The quantitative estimate of drug-likeness (QED) is 0.646. The topological polar surface area (TPSA) is 77.8 Å². The lowest BCUT2D eigenvalue weighted by Gasteiger charge is -2.62. The van der Waals surface area contributed by atoms with Crippen molar-refractivity contribution >= 4 is 5.78 Å². The number of alkyl halides is 1. The number of hydrogen-bond donors (Lipinski definition) is 3. The van der Waals surface area contributed by atoms with Crippen LogP contribution in [-0.2, 0) is 4.79 Å². The van der Waals surface area contributed by atoms with E-state index in [1.165, 1.54) is 0 Å². The van der Waals surface area contributed by atoms with Gasteiger partial charge in [-0.05, 0) is 50.9 Å². The molecule has 0 heterocycles. The predicted molar refractivity (Wildman–Crippen MR) is 99.6 cm³/mol. The Bertz CT molecular complexity index is 732. The number of halogens is 1. The van der Waals surface area contributed by atoms with Gasteiger partial charge >= 0.3 is 0 Å². The number of allylic oxidation sites excluding steroid dienone is 4. The Kier molecular flexibility index (Phi) is 4.10. The Balaban J connectivity index is 1.84. The zero-order valence-electron chi connectivity index (χ0n) is 16.4. The predicted octanol–water partition coefficient (Wildman–Crippen LogP) is 2.72. The van der Waals surface area contributed by atoms with E-state index in [1.807, 2.05) is 26.0 Å². The van der Waals surface area contributed by atoms with Crippen LogP contribution in [0.1, 0.15) is 52.9 Å². The van der Waals surface area contributed by atoms with Crippen LogP contribution in [-0.4, -0.2) is 45.1 Å². The highest BCUT2D eigenvalue weighted by atomic mass is 19.1. The number of aliphatic hydroxyl groups excluding tert-OH is 2. The highest BCUT2D eigenvalue weighted by molar-refractivity contribution is 5.90. The van der Waals surface area contributed by atoms with Crippen LogP contribution in [0.15, 0.2) is 23.8 Å². The Labute approximate surface area is 160 Å². The minimum atomic E-state index is -1.81. The monoisotopic (exact) mass is 378 g/mol. The number of aliphatic hydroxyl groups is 3. The molecule has 0 spiro atoms. The number of fused-ring (bicyclic) bond motifs is 5. The normalized spacial score (nSPS) is 54.0. The van der Waals surface area contributed by atoms with Gasteiger partial charge in [-0.3, -0.25) is 4.79 Å². The maximum Gasteiger partial charge on any atom is 0.190 e. The van der Waals surface area contributed by atoms with E-state index in [0.29, 0.717) is 12.8 Å². The van der Waals surface area contributed by atoms with Crippen LogP contribution in [0.2, 0.25) is 0 Å². The van der Waals surface area contributed by atoms with E-state index in [1.54, 1.807) is 6.92 Å². The average molecular weight is 378 g/mol. The molecule has 0 saturated heterocycles. The molecule has 8 atom stereocenters. The third kappa shape index (κ3) is 2.01. The largest absolute Gasteiger partial charge is 0.390 e. The Morgan fingerprint density at radius 2 is 2.04 bits per heavy atom. The molecule has 150 valence electrons. The van der Waals surface area contributed by atoms with E-state index in [-0.39, 0.29) is 18.3 Å². The summed E-state index contributed by atoms with van der Waals surface area (Å²) in [5, 5.41) is 32.0. The molecule has 27 heavy (non-hydrogen) atoms. The second-order valence-corrected chi connectivity index (χ2v) is 9.71. The smallest absolute Gasteiger partial charge is 0.190 e. The van der Waals surface area contributed by atoms with Gasteiger partial charge in [-0.1, -0.05) is 37.6 Å². The second kappa shape index (κ2) is 5.74. The van der Waals surface area contributed by atoms with Crippen LogP contribution in [0.25, 0.3) is 0 Å². The van der Waals surface area contributed by atoms with Gasteiger partial charge in [0.15, 0.2) is 11.5 Å². The fourth-order valence-electron chi connectivity index (χ4n) is 7.40. The molecule has 4 aliphatic carbocycles. The molecule has 0 aromatic heterocycles. The summed E-state index contributed by atoms with van der Waals surface area (Å²) in [6, 6.07) is 0. The van der Waals surface area contributed by atoms with E-state index in [9.17, 15) is 20.1 Å². The van der Waals surface area contributed by atoms with Crippen LogP contribution < -0.4 is 0 Å². The molecule has 0 aromatic carbocycles. The molecule has 4 nitrogen and oxygen atoms in total. The number of carbonyl (C=O) groups excluding carboxylic acids is 1. The maximum absolute atomic E-state index is 16.8. The molecule has 5 heteroatoms. The minimum Gasteiger partial charge on any atom is -0.390 e. The molecule has 0 bridgehead atoms. The van der Waals surface area contributed by atoms with Crippen molar-refractivity contribution in [1.29, 1.82) is 0 Å². The van der Waals surface area contributed by atoms with Crippen molar-refractivity contribution in [3.05, 3.63) is 23.8 Å². The van der Waals surface area contributed by atoms with Crippen molar-refractivity contribution < 1.29 is 24.5 Å². The minimum absolute atomic E-state index is 0.0218. The lowest BCUT2D eigenvalue weighted by Crippen LogP contribution is -2.69. The molecular formula is C22H31FO4. The van der Waals surface area contributed by atoms with Crippen LogP contribution in [0.3, 0.4) is 0 Å². The number of carbonyl (C=O) groups is 1. The summed E-state index contributed by atoms with van der Waals surface area (Å²) >= 11 is 0. The van der Waals surface area contributed by atoms with E-state index < -0.39 is 46.5 Å². The van der Waals surface area contributed by atoms with Crippen LogP contribution in [0.5, 0.6) is 0 Å². The zero-order chi connectivity index (χ0) is 19.8. The SMILES string of the molecule is CC1CC2C3CCC4=CCC=CC4(C)C3(F)C(O)CC2(C)C1(O)C(=O)CO. The van der Waals surface area contributed by atoms with Gasteiger partial charge in [0.05, 0.1) is 6.10 Å². The van der Waals surface area contributed by atoms with Crippen molar-refractivity contribution in [2.45, 2.75) is 70.2 Å². The average Bonchev–Trinajstić information content (AvgIpc) is 2.83. The highest BCUT2D eigenvalue weighted by Crippen LogP contribution is 2.70. The second-order valence-electron chi connectivity index (χ2n) is 9.71. The van der Waals surface area contributed by atoms with E-state index in [4.69, 9.17) is 0 Å². The summed E-state index contributed by atoms with van der Waals surface area (Å²) in [7, 11) is 0. The van der Waals surface area contributed by atoms with Crippen molar-refractivity contribution in [3.8, 4) is 0 Å². The Morgan fingerprint density at radius 1 is 1.33 bits per heavy atom. The molecule has 3 fully saturated rings. The van der Waals surface area contributed by atoms with Crippen molar-refractivity contribution in [2.24, 2.45) is 28.6 Å². The van der Waals surface area contributed by atoms with Crippen molar-refractivity contribution in [1.82, 2.24) is 0 Å². The number of hydrogen-bond acceptors (Lipinski definition) is 4. The molecule has 3 N–H and O–H groups in total. The third-order valence-corrected chi connectivity index (χ3v) is 8.85. The summed E-state index contributed by atoms with van der Waals surface area (Å²) in [4.78, 5) is 12.5. The first-order valence-electron chi connectivity index (χ1n) is 10.2. The summed E-state index contributed by atoms with van der Waals surface area (Å²) in [6.45, 7) is 4.76. The molecule has 0 radical (unpaired) electrons. The molecular weight excluding hydrogens is 347 g/mol. The van der Waals surface area contributed by atoms with Gasteiger partial charge in [-0.15, -0.1) is 0 Å². The fourth-order valence-corrected chi connectivity index (χ4v) is 7.40. The third-order valence-electron chi connectivity index (χ3n) is 8.85. The maximum atomic E-state index is 16.8. The van der Waals surface area contributed by atoms with Gasteiger partial charge < -0.3 is 15.3 Å². The molecule has 0 aliphatic heterocycles. The first-order chi connectivity index (χ1) is 12.6. The van der Waals surface area contributed by atoms with E-state index in [0.717, 1.165) is 18.4 Å². The van der Waals surface area contributed by atoms with Gasteiger partial charge in [0.25, 0.3) is 0 Å². The van der Waals surface area contributed by atoms with Gasteiger partial charge in [-0.2, -0.15) is 0 Å². The van der Waals surface area contributed by atoms with Crippen LogP contribution in [0.4, 0.5) is 4.39 Å². The highest BCUT2D eigenvalue weighted by Gasteiger charge is 2.75. The lowest BCUT2D eigenvalue weighted by molar-refractivity contribution is -0.219. The van der Waals surface area contributed by atoms with Gasteiger partial charge in [-0.25, -0.2) is 4.39 Å². The Morgan fingerprint density at radius 3 is 2.70 bits per heavy atom. The summed E-state index contributed by atoms with van der Waals surface area (Å²) in [5.41, 5.74) is -4.28. The molecule has 4 rings (SSSR count). The molecule has 0 amide bonds. The molecule has 0 aromatic rings. The van der Waals surface area contributed by atoms with Gasteiger partial charge in [0.1, 0.15) is 12.2 Å². The van der Waals surface area contributed by atoms with E-state index >= 15 is 4.39 Å².